The second-order valence-corrected chi connectivity index (χ2v) is 8.31. The molecule has 0 radical (unpaired) electrons. The number of nitrogens with one attached hydrogen (secondary N) is 1. The topological polar surface area (TPSA) is 90.1 Å². The van der Waals surface area contributed by atoms with Gasteiger partial charge in [-0.2, -0.15) is 8.78 Å². The molecule has 0 bridgehead atoms. The SMILES string of the molecule is Cc1cccnc1-c1ccc2nc(N)c(CCC(=O)N[C@H](C)c3ccccc3OC(F)F)cc2c1. The first kappa shape index (κ1) is 24.1. The lowest BCUT2D eigenvalue weighted by molar-refractivity contribution is -0.121. The molecule has 35 heavy (non-hydrogen) atoms. The van der Waals surface area contributed by atoms with Crippen molar-refractivity contribution in [1.82, 2.24) is 15.3 Å². The Bertz CT molecular complexity index is 1360. The zero-order valence-corrected chi connectivity index (χ0v) is 19.5. The molecule has 8 heteroatoms. The van der Waals surface area contributed by atoms with Crippen LogP contribution in [0.15, 0.2) is 66.9 Å². The second-order valence-electron chi connectivity index (χ2n) is 8.31. The van der Waals surface area contributed by atoms with Crippen LogP contribution in [0.2, 0.25) is 0 Å². The van der Waals surface area contributed by atoms with Crippen LogP contribution in [0.1, 0.15) is 36.1 Å². The maximum absolute atomic E-state index is 12.7. The van der Waals surface area contributed by atoms with Gasteiger partial charge in [-0.15, -0.1) is 0 Å². The highest BCUT2D eigenvalue weighted by Crippen LogP contribution is 2.28. The van der Waals surface area contributed by atoms with E-state index in [0.29, 0.717) is 17.8 Å². The second kappa shape index (κ2) is 10.5. The average Bonchev–Trinajstić information content (AvgIpc) is 2.82. The largest absolute Gasteiger partial charge is 0.434 e. The van der Waals surface area contributed by atoms with Gasteiger partial charge in [0.1, 0.15) is 11.6 Å². The predicted molar refractivity (Wildman–Crippen MR) is 132 cm³/mol. The number of aromatic nitrogens is 2. The number of benzene rings is 2. The van der Waals surface area contributed by atoms with E-state index in [0.717, 1.165) is 33.3 Å². The van der Waals surface area contributed by atoms with E-state index in [2.05, 4.69) is 20.0 Å². The number of amides is 1. The molecule has 0 unspecified atom stereocenters. The van der Waals surface area contributed by atoms with Crippen molar-refractivity contribution >= 4 is 22.6 Å². The third-order valence-electron chi connectivity index (χ3n) is 5.81. The number of nitrogens with two attached hydrogens (primary N) is 1. The number of nitrogen functional groups attached to an aromatic ring is 1. The fraction of sp³-hybridized carbons (Fsp3) is 0.222. The first-order chi connectivity index (χ1) is 16.8. The monoisotopic (exact) mass is 476 g/mol. The summed E-state index contributed by atoms with van der Waals surface area (Å²) in [7, 11) is 0. The number of carbonyl (C=O) groups is 1. The van der Waals surface area contributed by atoms with Crippen LogP contribution >= 0.6 is 0 Å². The van der Waals surface area contributed by atoms with Crippen LogP contribution in [-0.4, -0.2) is 22.5 Å². The minimum Gasteiger partial charge on any atom is -0.434 e. The highest BCUT2D eigenvalue weighted by atomic mass is 19.3. The first-order valence-corrected chi connectivity index (χ1v) is 11.3. The third-order valence-corrected chi connectivity index (χ3v) is 5.81. The van der Waals surface area contributed by atoms with Crippen molar-refractivity contribution in [3.63, 3.8) is 0 Å². The minimum absolute atomic E-state index is 0.0391. The standard InChI is InChI=1S/C27H26F2N4O2/c1-16-6-5-13-31-25(16)18-9-11-22-20(14-18)15-19(26(30)33-22)10-12-24(34)32-17(2)21-7-3-4-8-23(21)35-27(28)29/h3-9,11,13-15,17,27H,10,12H2,1-2H3,(H2,30,33)(H,32,34)/t17-/m1/s1. The van der Waals surface area contributed by atoms with Gasteiger partial charge in [-0.05, 0) is 61.7 Å². The van der Waals surface area contributed by atoms with Crippen molar-refractivity contribution < 1.29 is 18.3 Å². The van der Waals surface area contributed by atoms with Gasteiger partial charge in [0.05, 0.1) is 17.3 Å². The van der Waals surface area contributed by atoms with Gasteiger partial charge in [0.2, 0.25) is 5.91 Å². The van der Waals surface area contributed by atoms with Crippen LogP contribution in [-0.2, 0) is 11.2 Å². The average molecular weight is 477 g/mol. The molecule has 0 aliphatic rings. The molecule has 0 saturated carbocycles. The summed E-state index contributed by atoms with van der Waals surface area (Å²) in [5.74, 6) is 0.176. The Labute approximate surface area is 202 Å². The lowest BCUT2D eigenvalue weighted by atomic mass is 10.0. The number of rotatable bonds is 8. The summed E-state index contributed by atoms with van der Waals surface area (Å²) in [5.41, 5.74) is 11.1. The van der Waals surface area contributed by atoms with Gasteiger partial charge in [-0.25, -0.2) is 4.98 Å². The normalized spacial score (nSPS) is 12.0. The van der Waals surface area contributed by atoms with Crippen LogP contribution in [0.4, 0.5) is 14.6 Å². The van der Waals surface area contributed by atoms with Crippen molar-refractivity contribution in [2.24, 2.45) is 0 Å². The summed E-state index contributed by atoms with van der Waals surface area (Å²) >= 11 is 0. The predicted octanol–water partition coefficient (Wildman–Crippen LogP) is 5.60. The number of anilines is 1. The van der Waals surface area contributed by atoms with Crippen LogP contribution in [0.5, 0.6) is 5.75 Å². The highest BCUT2D eigenvalue weighted by Gasteiger charge is 2.17. The molecule has 0 aliphatic heterocycles. The Balaban J connectivity index is 1.47. The first-order valence-electron chi connectivity index (χ1n) is 11.3. The van der Waals surface area contributed by atoms with Crippen molar-refractivity contribution in [3.05, 3.63) is 83.6 Å². The molecule has 1 amide bonds. The zero-order chi connectivity index (χ0) is 24.9. The zero-order valence-electron chi connectivity index (χ0n) is 19.5. The number of alkyl halides is 2. The Morgan fingerprint density at radius 2 is 1.91 bits per heavy atom. The maximum atomic E-state index is 12.7. The van der Waals surface area contributed by atoms with Crippen molar-refractivity contribution in [3.8, 4) is 17.0 Å². The molecule has 0 saturated heterocycles. The molecule has 4 rings (SSSR count). The van der Waals surface area contributed by atoms with Gasteiger partial charge in [0.25, 0.3) is 0 Å². The molecule has 3 N–H and O–H groups in total. The van der Waals surface area contributed by atoms with Crippen LogP contribution in [0, 0.1) is 6.92 Å². The Hall–Kier alpha value is -4.07. The van der Waals surface area contributed by atoms with E-state index < -0.39 is 12.7 Å². The molecule has 4 aromatic rings. The Kier molecular flexibility index (Phi) is 7.19. The molecule has 2 aromatic carbocycles. The lowest BCUT2D eigenvalue weighted by Gasteiger charge is -2.18. The van der Waals surface area contributed by atoms with Crippen molar-refractivity contribution in [2.75, 3.05) is 5.73 Å². The minimum atomic E-state index is -2.94. The molecular weight excluding hydrogens is 450 g/mol. The summed E-state index contributed by atoms with van der Waals surface area (Å²) in [5, 5.41) is 3.75. The van der Waals surface area contributed by atoms with E-state index in [-0.39, 0.29) is 18.1 Å². The molecule has 1 atom stereocenters. The van der Waals surface area contributed by atoms with E-state index in [1.54, 1.807) is 31.3 Å². The number of carbonyl (C=O) groups excluding carboxylic acids is 1. The van der Waals surface area contributed by atoms with Gasteiger partial charge in [-0.1, -0.05) is 30.3 Å². The third kappa shape index (κ3) is 5.71. The van der Waals surface area contributed by atoms with Gasteiger partial charge in [0, 0.05) is 29.1 Å². The quantitative estimate of drug-likeness (QED) is 0.346. The van der Waals surface area contributed by atoms with Crippen LogP contribution in [0.3, 0.4) is 0 Å². The maximum Gasteiger partial charge on any atom is 0.387 e. The fourth-order valence-electron chi connectivity index (χ4n) is 4.05. The molecule has 6 nitrogen and oxygen atoms in total. The molecule has 0 fully saturated rings. The number of pyridine rings is 2. The number of nitrogens with zero attached hydrogens (tertiary/aromatic N) is 2. The number of aryl methyl sites for hydroxylation is 2. The molecule has 180 valence electrons. The van der Waals surface area contributed by atoms with Crippen LogP contribution in [0.25, 0.3) is 22.2 Å². The number of para-hydroxylation sites is 1. The number of ether oxygens (including phenoxy) is 1. The Morgan fingerprint density at radius 1 is 1.11 bits per heavy atom. The smallest absolute Gasteiger partial charge is 0.387 e. The van der Waals surface area contributed by atoms with Crippen molar-refractivity contribution in [2.45, 2.75) is 39.3 Å². The summed E-state index contributed by atoms with van der Waals surface area (Å²) in [6.45, 7) is 0.791. The van der Waals surface area contributed by atoms with E-state index >= 15 is 0 Å². The van der Waals surface area contributed by atoms with Gasteiger partial charge in [0.15, 0.2) is 0 Å². The highest BCUT2D eigenvalue weighted by molar-refractivity contribution is 5.86. The number of halogens is 2. The molecule has 2 aromatic heterocycles. The lowest BCUT2D eigenvalue weighted by Crippen LogP contribution is -2.27. The number of hydrogen-bond donors (Lipinski definition) is 2. The summed E-state index contributed by atoms with van der Waals surface area (Å²) in [6, 6.07) is 17.7. The van der Waals surface area contributed by atoms with Gasteiger partial charge < -0.3 is 15.8 Å². The summed E-state index contributed by atoms with van der Waals surface area (Å²) in [6.07, 6.45) is 2.31. The van der Waals surface area contributed by atoms with E-state index in [1.165, 1.54) is 6.07 Å². The Morgan fingerprint density at radius 3 is 2.69 bits per heavy atom. The number of hydrogen-bond acceptors (Lipinski definition) is 5. The van der Waals surface area contributed by atoms with E-state index in [4.69, 9.17) is 5.73 Å². The number of fused-ring (bicyclic) bond motifs is 1. The van der Waals surface area contributed by atoms with E-state index in [1.807, 2.05) is 43.3 Å². The van der Waals surface area contributed by atoms with Gasteiger partial charge >= 0.3 is 6.61 Å². The fourth-order valence-corrected chi connectivity index (χ4v) is 4.05. The summed E-state index contributed by atoms with van der Waals surface area (Å²) in [4.78, 5) is 21.6. The summed E-state index contributed by atoms with van der Waals surface area (Å²) < 4.78 is 30.0. The van der Waals surface area contributed by atoms with E-state index in [9.17, 15) is 13.6 Å². The molecular formula is C27H26F2N4O2. The van der Waals surface area contributed by atoms with Crippen molar-refractivity contribution in [1.29, 1.82) is 0 Å². The molecule has 0 aliphatic carbocycles. The van der Waals surface area contributed by atoms with Crippen LogP contribution < -0.4 is 15.8 Å². The van der Waals surface area contributed by atoms with Gasteiger partial charge in [-0.3, -0.25) is 9.78 Å². The molecule has 2 heterocycles. The molecule has 0 spiro atoms.